The monoisotopic (exact) mass is 235 g/mol. The SMILES string of the molecule is CCOC(=O)N1CCCc2cc(OC)ccc21. The Balaban J connectivity index is 2.28. The Kier molecular flexibility index (Phi) is 3.52. The predicted molar refractivity (Wildman–Crippen MR) is 65.7 cm³/mol. The Morgan fingerprint density at radius 2 is 2.29 bits per heavy atom. The minimum absolute atomic E-state index is 0.265. The lowest BCUT2D eigenvalue weighted by molar-refractivity contribution is 0.159. The molecule has 92 valence electrons. The van der Waals surface area contributed by atoms with Crippen molar-refractivity contribution < 1.29 is 14.3 Å². The molecule has 0 saturated heterocycles. The van der Waals surface area contributed by atoms with Gasteiger partial charge in [-0.3, -0.25) is 4.90 Å². The van der Waals surface area contributed by atoms with Gasteiger partial charge in [0, 0.05) is 6.54 Å². The summed E-state index contributed by atoms with van der Waals surface area (Å²) < 4.78 is 10.2. The van der Waals surface area contributed by atoms with Crippen LogP contribution in [-0.2, 0) is 11.2 Å². The highest BCUT2D eigenvalue weighted by molar-refractivity contribution is 5.89. The van der Waals surface area contributed by atoms with Gasteiger partial charge in [0.15, 0.2) is 0 Å². The molecule has 1 aliphatic rings. The molecule has 0 bridgehead atoms. The number of carbonyl (C=O) groups excluding carboxylic acids is 1. The summed E-state index contributed by atoms with van der Waals surface area (Å²) in [7, 11) is 1.65. The van der Waals surface area contributed by atoms with Crippen LogP contribution in [0.3, 0.4) is 0 Å². The van der Waals surface area contributed by atoms with E-state index in [1.54, 1.807) is 12.0 Å². The van der Waals surface area contributed by atoms with E-state index >= 15 is 0 Å². The minimum Gasteiger partial charge on any atom is -0.497 e. The van der Waals surface area contributed by atoms with Crippen molar-refractivity contribution >= 4 is 11.8 Å². The van der Waals surface area contributed by atoms with Crippen LogP contribution >= 0.6 is 0 Å². The summed E-state index contributed by atoms with van der Waals surface area (Å²) in [6.07, 6.45) is 1.67. The van der Waals surface area contributed by atoms with Gasteiger partial charge in [-0.2, -0.15) is 0 Å². The van der Waals surface area contributed by atoms with Crippen molar-refractivity contribution in [3.63, 3.8) is 0 Å². The molecule has 1 heterocycles. The lowest BCUT2D eigenvalue weighted by Gasteiger charge is -2.28. The summed E-state index contributed by atoms with van der Waals surface area (Å²) in [6.45, 7) is 2.94. The molecular weight excluding hydrogens is 218 g/mol. The Morgan fingerprint density at radius 1 is 1.47 bits per heavy atom. The molecule has 1 aromatic carbocycles. The first-order valence-corrected chi connectivity index (χ1v) is 5.87. The van der Waals surface area contributed by atoms with Crippen LogP contribution in [0.25, 0.3) is 0 Å². The third-order valence-corrected chi connectivity index (χ3v) is 2.89. The number of aryl methyl sites for hydroxylation is 1. The van der Waals surface area contributed by atoms with Gasteiger partial charge in [0.25, 0.3) is 0 Å². The van der Waals surface area contributed by atoms with Gasteiger partial charge < -0.3 is 9.47 Å². The van der Waals surface area contributed by atoms with Crippen LogP contribution in [0, 0.1) is 0 Å². The van der Waals surface area contributed by atoms with Crippen molar-refractivity contribution in [1.82, 2.24) is 0 Å². The quantitative estimate of drug-likeness (QED) is 0.791. The van der Waals surface area contributed by atoms with Gasteiger partial charge >= 0.3 is 6.09 Å². The Labute approximate surface area is 101 Å². The number of hydrogen-bond acceptors (Lipinski definition) is 3. The first kappa shape index (κ1) is 11.8. The molecule has 1 amide bonds. The number of methoxy groups -OCH3 is 1. The highest BCUT2D eigenvalue weighted by atomic mass is 16.6. The molecule has 0 aliphatic carbocycles. The second-order valence-corrected chi connectivity index (χ2v) is 3.95. The van der Waals surface area contributed by atoms with Crippen LogP contribution in [0.5, 0.6) is 5.75 Å². The van der Waals surface area contributed by atoms with Crippen molar-refractivity contribution in [2.45, 2.75) is 19.8 Å². The average molecular weight is 235 g/mol. The van der Waals surface area contributed by atoms with E-state index in [1.807, 2.05) is 25.1 Å². The molecular formula is C13H17NO3. The molecule has 0 atom stereocenters. The summed E-state index contributed by atoms with van der Waals surface area (Å²) in [5.74, 6) is 0.828. The molecule has 0 N–H and O–H groups in total. The number of rotatable bonds is 2. The third kappa shape index (κ3) is 2.35. The van der Waals surface area contributed by atoms with E-state index in [4.69, 9.17) is 9.47 Å². The number of anilines is 1. The van der Waals surface area contributed by atoms with Crippen molar-refractivity contribution in [3.8, 4) is 5.75 Å². The lowest BCUT2D eigenvalue weighted by Crippen LogP contribution is -2.35. The minimum atomic E-state index is -0.265. The number of hydrogen-bond donors (Lipinski definition) is 0. The molecule has 0 radical (unpaired) electrons. The van der Waals surface area contributed by atoms with Crippen molar-refractivity contribution in [2.75, 3.05) is 25.2 Å². The van der Waals surface area contributed by atoms with E-state index < -0.39 is 0 Å². The number of ether oxygens (including phenoxy) is 2. The van der Waals surface area contributed by atoms with Crippen LogP contribution in [0.2, 0.25) is 0 Å². The van der Waals surface area contributed by atoms with Crippen molar-refractivity contribution in [3.05, 3.63) is 23.8 Å². The van der Waals surface area contributed by atoms with Gasteiger partial charge in [0.05, 0.1) is 19.4 Å². The average Bonchev–Trinajstić information content (AvgIpc) is 2.37. The smallest absolute Gasteiger partial charge is 0.414 e. The van der Waals surface area contributed by atoms with Crippen LogP contribution in [0.4, 0.5) is 10.5 Å². The molecule has 0 unspecified atom stereocenters. The molecule has 0 spiro atoms. The zero-order chi connectivity index (χ0) is 12.3. The van der Waals surface area contributed by atoms with E-state index in [2.05, 4.69) is 0 Å². The first-order chi connectivity index (χ1) is 8.26. The van der Waals surface area contributed by atoms with Crippen LogP contribution in [-0.4, -0.2) is 26.4 Å². The standard InChI is InChI=1S/C13H17NO3/c1-3-17-13(15)14-8-4-5-10-9-11(16-2)6-7-12(10)14/h6-7,9H,3-5,8H2,1-2H3. The summed E-state index contributed by atoms with van der Waals surface area (Å²) >= 11 is 0. The maximum Gasteiger partial charge on any atom is 0.414 e. The molecule has 4 nitrogen and oxygen atoms in total. The molecule has 1 aromatic rings. The number of carbonyl (C=O) groups is 1. The number of fused-ring (bicyclic) bond motifs is 1. The molecule has 4 heteroatoms. The number of benzene rings is 1. The fraction of sp³-hybridized carbons (Fsp3) is 0.462. The largest absolute Gasteiger partial charge is 0.497 e. The zero-order valence-electron chi connectivity index (χ0n) is 10.2. The van der Waals surface area contributed by atoms with Gasteiger partial charge in [0.2, 0.25) is 0 Å². The van der Waals surface area contributed by atoms with Crippen LogP contribution in [0.1, 0.15) is 18.9 Å². The molecule has 1 aliphatic heterocycles. The summed E-state index contributed by atoms with van der Waals surface area (Å²) in [5, 5.41) is 0. The topological polar surface area (TPSA) is 38.8 Å². The fourth-order valence-electron chi connectivity index (χ4n) is 2.09. The Hall–Kier alpha value is -1.71. The van der Waals surface area contributed by atoms with Gasteiger partial charge in [-0.05, 0) is 43.5 Å². The lowest BCUT2D eigenvalue weighted by atomic mass is 10.0. The summed E-state index contributed by atoms with van der Waals surface area (Å²) in [4.78, 5) is 13.5. The normalized spacial score (nSPS) is 14.1. The van der Waals surface area contributed by atoms with E-state index in [0.29, 0.717) is 6.61 Å². The third-order valence-electron chi connectivity index (χ3n) is 2.89. The summed E-state index contributed by atoms with van der Waals surface area (Å²) in [5.41, 5.74) is 2.08. The predicted octanol–water partition coefficient (Wildman–Crippen LogP) is 2.60. The Bertz CT molecular complexity index is 417. The highest BCUT2D eigenvalue weighted by Gasteiger charge is 2.23. The van der Waals surface area contributed by atoms with Gasteiger partial charge in [0.1, 0.15) is 5.75 Å². The Morgan fingerprint density at radius 3 is 3.00 bits per heavy atom. The van der Waals surface area contributed by atoms with E-state index in [-0.39, 0.29) is 6.09 Å². The molecule has 17 heavy (non-hydrogen) atoms. The van der Waals surface area contributed by atoms with Crippen LogP contribution in [0.15, 0.2) is 18.2 Å². The van der Waals surface area contributed by atoms with Crippen LogP contribution < -0.4 is 9.64 Å². The van der Waals surface area contributed by atoms with Crippen molar-refractivity contribution in [2.24, 2.45) is 0 Å². The molecule has 2 rings (SSSR count). The fourth-order valence-corrected chi connectivity index (χ4v) is 2.09. The second kappa shape index (κ2) is 5.08. The van der Waals surface area contributed by atoms with Crippen molar-refractivity contribution in [1.29, 1.82) is 0 Å². The molecule has 0 saturated carbocycles. The first-order valence-electron chi connectivity index (χ1n) is 5.87. The van der Waals surface area contributed by atoms with E-state index in [9.17, 15) is 4.79 Å². The highest BCUT2D eigenvalue weighted by Crippen LogP contribution is 2.30. The number of nitrogens with zero attached hydrogens (tertiary/aromatic N) is 1. The van der Waals surface area contributed by atoms with Gasteiger partial charge in [-0.25, -0.2) is 4.79 Å². The second-order valence-electron chi connectivity index (χ2n) is 3.95. The number of amides is 1. The van der Waals surface area contributed by atoms with E-state index in [0.717, 1.165) is 36.4 Å². The van der Waals surface area contributed by atoms with Gasteiger partial charge in [-0.1, -0.05) is 0 Å². The summed E-state index contributed by atoms with van der Waals surface area (Å²) in [6, 6.07) is 5.78. The molecule has 0 aromatic heterocycles. The maximum atomic E-state index is 11.8. The zero-order valence-corrected chi connectivity index (χ0v) is 10.2. The maximum absolute atomic E-state index is 11.8. The molecule has 0 fully saturated rings. The van der Waals surface area contributed by atoms with Gasteiger partial charge in [-0.15, -0.1) is 0 Å². The van der Waals surface area contributed by atoms with E-state index in [1.165, 1.54) is 0 Å².